The van der Waals surface area contributed by atoms with Crippen molar-refractivity contribution in [2.45, 2.75) is 13.0 Å². The van der Waals surface area contributed by atoms with Crippen molar-refractivity contribution in [1.29, 1.82) is 0 Å². The molecule has 1 aromatic carbocycles. The molecule has 2 heterocycles. The fourth-order valence-corrected chi connectivity index (χ4v) is 2.88. The van der Waals surface area contributed by atoms with E-state index in [1.807, 2.05) is 48.0 Å². The molecule has 0 spiro atoms. The molecular weight excluding hydrogens is 310 g/mol. The fourth-order valence-electron chi connectivity index (χ4n) is 2.18. The zero-order valence-corrected chi connectivity index (χ0v) is 13.4. The Morgan fingerprint density at radius 2 is 2.13 bits per heavy atom. The van der Waals surface area contributed by atoms with Gasteiger partial charge in [0.15, 0.2) is 0 Å². The van der Waals surface area contributed by atoms with Gasteiger partial charge in [0.1, 0.15) is 5.69 Å². The molecule has 1 atom stereocenters. The van der Waals surface area contributed by atoms with Gasteiger partial charge in [0.2, 0.25) is 0 Å². The van der Waals surface area contributed by atoms with Crippen molar-refractivity contribution in [2.75, 3.05) is 6.54 Å². The highest BCUT2D eigenvalue weighted by Crippen LogP contribution is 2.18. The van der Waals surface area contributed by atoms with Crippen LogP contribution in [-0.4, -0.2) is 27.8 Å². The number of aromatic nitrogens is 2. The fraction of sp³-hybridized carbons (Fsp3) is 0.176. The SMILES string of the molecule is Cc1ccc(-c2cc(C(=O)NCC(O)c3ccsc3)[nH]n2)cc1. The minimum Gasteiger partial charge on any atom is -0.387 e. The summed E-state index contributed by atoms with van der Waals surface area (Å²) >= 11 is 1.51. The molecule has 0 saturated heterocycles. The van der Waals surface area contributed by atoms with Crippen LogP contribution < -0.4 is 5.32 Å². The maximum Gasteiger partial charge on any atom is 0.269 e. The Labute approximate surface area is 138 Å². The topological polar surface area (TPSA) is 78.0 Å². The molecule has 1 amide bonds. The highest BCUT2D eigenvalue weighted by atomic mass is 32.1. The van der Waals surface area contributed by atoms with Gasteiger partial charge in [-0.15, -0.1) is 0 Å². The van der Waals surface area contributed by atoms with E-state index in [-0.39, 0.29) is 12.5 Å². The van der Waals surface area contributed by atoms with Crippen molar-refractivity contribution in [3.8, 4) is 11.3 Å². The van der Waals surface area contributed by atoms with Gasteiger partial charge < -0.3 is 10.4 Å². The Kier molecular flexibility index (Phi) is 4.55. The molecular formula is C17H17N3O2S. The minimum absolute atomic E-state index is 0.161. The third kappa shape index (κ3) is 3.67. The number of nitrogens with zero attached hydrogens (tertiary/aromatic N) is 1. The number of aryl methyl sites for hydroxylation is 1. The highest BCUT2D eigenvalue weighted by Gasteiger charge is 2.13. The molecule has 118 valence electrons. The minimum atomic E-state index is -0.704. The van der Waals surface area contributed by atoms with Gasteiger partial charge >= 0.3 is 0 Å². The maximum absolute atomic E-state index is 12.1. The van der Waals surface area contributed by atoms with Crippen molar-refractivity contribution in [3.63, 3.8) is 0 Å². The number of hydrogen-bond donors (Lipinski definition) is 3. The third-order valence-corrected chi connectivity index (χ3v) is 4.26. The Bertz CT molecular complexity index is 779. The van der Waals surface area contributed by atoms with E-state index in [1.54, 1.807) is 6.07 Å². The van der Waals surface area contributed by atoms with E-state index in [2.05, 4.69) is 15.5 Å². The molecule has 5 nitrogen and oxygen atoms in total. The molecule has 2 aromatic heterocycles. The Hall–Kier alpha value is -2.44. The second-order valence-corrected chi connectivity index (χ2v) is 6.10. The number of nitrogens with one attached hydrogen (secondary N) is 2. The quantitative estimate of drug-likeness (QED) is 0.674. The van der Waals surface area contributed by atoms with Crippen LogP contribution in [0.1, 0.15) is 27.7 Å². The van der Waals surface area contributed by atoms with Gasteiger partial charge in [-0.2, -0.15) is 16.4 Å². The first-order valence-electron chi connectivity index (χ1n) is 7.24. The zero-order valence-electron chi connectivity index (χ0n) is 12.6. The van der Waals surface area contributed by atoms with Crippen LogP contribution in [0, 0.1) is 6.92 Å². The van der Waals surface area contributed by atoms with Gasteiger partial charge in [0, 0.05) is 12.1 Å². The molecule has 3 rings (SSSR count). The van der Waals surface area contributed by atoms with Crippen molar-refractivity contribution in [1.82, 2.24) is 15.5 Å². The lowest BCUT2D eigenvalue weighted by molar-refractivity contribution is 0.0911. The summed E-state index contributed by atoms with van der Waals surface area (Å²) in [5.74, 6) is -0.287. The number of rotatable bonds is 5. The number of hydrogen-bond acceptors (Lipinski definition) is 4. The number of amides is 1. The van der Waals surface area contributed by atoms with E-state index in [9.17, 15) is 9.90 Å². The summed E-state index contributed by atoms with van der Waals surface area (Å²) in [5, 5.41) is 23.3. The summed E-state index contributed by atoms with van der Waals surface area (Å²) in [6.45, 7) is 2.18. The van der Waals surface area contributed by atoms with Gasteiger partial charge in [-0.05, 0) is 35.4 Å². The molecule has 0 aliphatic carbocycles. The first kappa shape index (κ1) is 15.5. The molecule has 0 radical (unpaired) electrons. The monoisotopic (exact) mass is 327 g/mol. The molecule has 3 aromatic rings. The van der Waals surface area contributed by atoms with E-state index >= 15 is 0 Å². The zero-order chi connectivity index (χ0) is 16.2. The Morgan fingerprint density at radius 1 is 1.35 bits per heavy atom. The molecule has 23 heavy (non-hydrogen) atoms. The lowest BCUT2D eigenvalue weighted by Crippen LogP contribution is -2.28. The smallest absolute Gasteiger partial charge is 0.269 e. The lowest BCUT2D eigenvalue weighted by Gasteiger charge is -2.09. The summed E-state index contributed by atoms with van der Waals surface area (Å²) in [6.07, 6.45) is -0.704. The molecule has 0 fully saturated rings. The summed E-state index contributed by atoms with van der Waals surface area (Å²) in [7, 11) is 0. The van der Waals surface area contributed by atoms with Gasteiger partial charge in [-0.1, -0.05) is 29.8 Å². The normalized spacial score (nSPS) is 12.1. The van der Waals surface area contributed by atoms with E-state index < -0.39 is 6.10 Å². The van der Waals surface area contributed by atoms with Crippen LogP contribution in [0.25, 0.3) is 11.3 Å². The number of aliphatic hydroxyl groups is 1. The van der Waals surface area contributed by atoms with Crippen molar-refractivity contribution in [3.05, 3.63) is 64.0 Å². The number of H-pyrrole nitrogens is 1. The van der Waals surface area contributed by atoms with Crippen LogP contribution in [0.15, 0.2) is 47.2 Å². The lowest BCUT2D eigenvalue weighted by atomic mass is 10.1. The maximum atomic E-state index is 12.1. The highest BCUT2D eigenvalue weighted by molar-refractivity contribution is 7.07. The molecule has 0 aliphatic heterocycles. The van der Waals surface area contributed by atoms with Crippen LogP contribution in [-0.2, 0) is 0 Å². The van der Waals surface area contributed by atoms with Crippen molar-refractivity contribution >= 4 is 17.2 Å². The average Bonchev–Trinajstić information content (AvgIpc) is 3.24. The summed E-state index contributed by atoms with van der Waals surface area (Å²) in [6, 6.07) is 11.5. The molecule has 1 unspecified atom stereocenters. The average molecular weight is 327 g/mol. The van der Waals surface area contributed by atoms with E-state index in [0.717, 1.165) is 11.1 Å². The number of thiophene rings is 1. The Balaban J connectivity index is 1.63. The summed E-state index contributed by atoms with van der Waals surface area (Å²) < 4.78 is 0. The van der Waals surface area contributed by atoms with Gasteiger partial charge in [0.05, 0.1) is 11.8 Å². The number of carbonyl (C=O) groups is 1. The molecule has 0 bridgehead atoms. The van der Waals surface area contributed by atoms with Crippen LogP contribution >= 0.6 is 11.3 Å². The summed E-state index contributed by atoms with van der Waals surface area (Å²) in [4.78, 5) is 12.1. The largest absolute Gasteiger partial charge is 0.387 e. The first-order valence-corrected chi connectivity index (χ1v) is 8.18. The van der Waals surface area contributed by atoms with Gasteiger partial charge in [0.25, 0.3) is 5.91 Å². The first-order chi connectivity index (χ1) is 11.1. The van der Waals surface area contributed by atoms with Crippen molar-refractivity contribution < 1.29 is 9.90 Å². The molecule has 0 aliphatic rings. The van der Waals surface area contributed by atoms with Crippen LogP contribution in [0.4, 0.5) is 0 Å². The predicted octanol–water partition coefficient (Wildman–Crippen LogP) is 2.91. The van der Waals surface area contributed by atoms with Crippen LogP contribution in [0.5, 0.6) is 0 Å². The summed E-state index contributed by atoms with van der Waals surface area (Å²) in [5.41, 5.74) is 4.01. The van der Waals surface area contributed by atoms with E-state index in [4.69, 9.17) is 0 Å². The van der Waals surface area contributed by atoms with Crippen molar-refractivity contribution in [2.24, 2.45) is 0 Å². The van der Waals surface area contributed by atoms with E-state index in [0.29, 0.717) is 11.4 Å². The van der Waals surface area contributed by atoms with Gasteiger partial charge in [-0.3, -0.25) is 9.89 Å². The standard InChI is InChI=1S/C17H17N3O2S/c1-11-2-4-12(5-3-11)14-8-15(20-19-14)17(22)18-9-16(21)13-6-7-23-10-13/h2-8,10,16,21H,9H2,1H3,(H,18,22)(H,19,20). The van der Waals surface area contributed by atoms with Crippen LogP contribution in [0.2, 0.25) is 0 Å². The molecule has 3 N–H and O–H groups in total. The Morgan fingerprint density at radius 3 is 2.83 bits per heavy atom. The second-order valence-electron chi connectivity index (χ2n) is 5.32. The number of benzene rings is 1. The number of carbonyl (C=O) groups excluding carboxylic acids is 1. The molecule has 0 saturated carbocycles. The van der Waals surface area contributed by atoms with E-state index in [1.165, 1.54) is 16.9 Å². The van der Waals surface area contributed by atoms with Gasteiger partial charge in [-0.25, -0.2) is 0 Å². The predicted molar refractivity (Wildman–Crippen MR) is 90.4 cm³/mol. The third-order valence-electron chi connectivity index (χ3n) is 3.55. The second kappa shape index (κ2) is 6.76. The number of aliphatic hydroxyl groups excluding tert-OH is 1. The molecule has 6 heteroatoms. The number of aromatic amines is 1. The van der Waals surface area contributed by atoms with Crippen LogP contribution in [0.3, 0.4) is 0 Å².